The second-order valence-electron chi connectivity index (χ2n) is 4.45. The summed E-state index contributed by atoms with van der Waals surface area (Å²) in [5, 5.41) is 13.5. The number of rotatable bonds is 6. The van der Waals surface area contributed by atoms with Crippen molar-refractivity contribution in [3.05, 3.63) is 41.4 Å². The molecule has 0 atom stereocenters. The van der Waals surface area contributed by atoms with E-state index in [1.165, 1.54) is 5.56 Å². The zero-order valence-corrected chi connectivity index (χ0v) is 11.9. The Morgan fingerprint density at radius 1 is 1.45 bits per heavy atom. The molecule has 1 N–H and O–H groups in total. The van der Waals surface area contributed by atoms with Gasteiger partial charge in [0.25, 0.3) is 0 Å². The van der Waals surface area contributed by atoms with Crippen LogP contribution in [0.5, 0.6) is 0 Å². The molecule has 0 aliphatic heterocycles. The predicted octanol–water partition coefficient (Wildman–Crippen LogP) is 2.09. The lowest BCUT2D eigenvalue weighted by Crippen LogP contribution is -2.19. The molecule has 3 aromatic heterocycles. The van der Waals surface area contributed by atoms with Gasteiger partial charge < -0.3 is 9.84 Å². The van der Waals surface area contributed by atoms with Crippen molar-refractivity contribution in [2.45, 2.75) is 20.0 Å². The molecular formula is C13H15N5OS. The molecular weight excluding hydrogens is 274 g/mol. The Labute approximate surface area is 120 Å². The average molecular weight is 289 g/mol. The molecule has 3 rings (SSSR count). The average Bonchev–Trinajstić information content (AvgIpc) is 3.16. The van der Waals surface area contributed by atoms with E-state index in [-0.39, 0.29) is 0 Å². The molecule has 0 aromatic carbocycles. The Kier molecular flexibility index (Phi) is 3.89. The SMILES string of the molecule is Cc1cnn(CCNCc2nc(-c3cccs3)no2)c1. The molecule has 7 heteroatoms. The fourth-order valence-electron chi connectivity index (χ4n) is 1.81. The first-order valence-corrected chi connectivity index (χ1v) is 7.25. The lowest BCUT2D eigenvalue weighted by Gasteiger charge is -2.01. The number of hydrogen-bond acceptors (Lipinski definition) is 6. The molecule has 0 saturated heterocycles. The molecule has 0 amide bonds. The fourth-order valence-corrected chi connectivity index (χ4v) is 2.46. The summed E-state index contributed by atoms with van der Waals surface area (Å²) in [6, 6.07) is 3.95. The molecule has 0 radical (unpaired) electrons. The topological polar surface area (TPSA) is 68.8 Å². The minimum Gasteiger partial charge on any atom is -0.338 e. The van der Waals surface area contributed by atoms with Crippen LogP contribution in [0.3, 0.4) is 0 Å². The van der Waals surface area contributed by atoms with E-state index in [4.69, 9.17) is 4.52 Å². The van der Waals surface area contributed by atoms with E-state index < -0.39 is 0 Å². The number of aromatic nitrogens is 4. The monoisotopic (exact) mass is 289 g/mol. The van der Waals surface area contributed by atoms with Crippen LogP contribution in [0, 0.1) is 6.92 Å². The minimum atomic E-state index is 0.568. The largest absolute Gasteiger partial charge is 0.338 e. The van der Waals surface area contributed by atoms with Gasteiger partial charge in [-0.15, -0.1) is 11.3 Å². The van der Waals surface area contributed by atoms with Crippen molar-refractivity contribution in [3.8, 4) is 10.7 Å². The Balaban J connectivity index is 1.47. The van der Waals surface area contributed by atoms with Crippen molar-refractivity contribution in [3.63, 3.8) is 0 Å². The summed E-state index contributed by atoms with van der Waals surface area (Å²) >= 11 is 1.60. The number of hydrogen-bond donors (Lipinski definition) is 1. The molecule has 20 heavy (non-hydrogen) atoms. The Bertz CT molecular complexity index is 658. The van der Waals surface area contributed by atoms with Crippen LogP contribution in [0.4, 0.5) is 0 Å². The van der Waals surface area contributed by atoms with Crippen LogP contribution in [-0.4, -0.2) is 26.5 Å². The van der Waals surface area contributed by atoms with Gasteiger partial charge in [0.15, 0.2) is 0 Å². The summed E-state index contributed by atoms with van der Waals surface area (Å²) in [5.74, 6) is 1.25. The van der Waals surface area contributed by atoms with Crippen LogP contribution in [0.2, 0.25) is 0 Å². The lowest BCUT2D eigenvalue weighted by atomic mass is 10.4. The highest BCUT2D eigenvalue weighted by Crippen LogP contribution is 2.20. The van der Waals surface area contributed by atoms with Gasteiger partial charge in [-0.05, 0) is 23.9 Å². The van der Waals surface area contributed by atoms with Crippen LogP contribution in [0.15, 0.2) is 34.4 Å². The van der Waals surface area contributed by atoms with E-state index in [1.54, 1.807) is 11.3 Å². The number of nitrogens with one attached hydrogen (secondary N) is 1. The van der Waals surface area contributed by atoms with Crippen molar-refractivity contribution in [1.82, 2.24) is 25.2 Å². The third-order valence-electron chi connectivity index (χ3n) is 2.77. The first-order chi connectivity index (χ1) is 9.81. The summed E-state index contributed by atoms with van der Waals surface area (Å²) in [7, 11) is 0. The zero-order valence-electron chi connectivity index (χ0n) is 11.1. The summed E-state index contributed by atoms with van der Waals surface area (Å²) in [6.07, 6.45) is 3.87. The Morgan fingerprint density at radius 2 is 2.40 bits per heavy atom. The second-order valence-corrected chi connectivity index (χ2v) is 5.39. The van der Waals surface area contributed by atoms with E-state index in [1.807, 2.05) is 41.5 Å². The van der Waals surface area contributed by atoms with Crippen LogP contribution in [-0.2, 0) is 13.1 Å². The molecule has 0 aliphatic rings. The highest BCUT2D eigenvalue weighted by molar-refractivity contribution is 7.13. The van der Waals surface area contributed by atoms with Gasteiger partial charge >= 0.3 is 0 Å². The van der Waals surface area contributed by atoms with Gasteiger partial charge in [-0.25, -0.2) is 0 Å². The van der Waals surface area contributed by atoms with Gasteiger partial charge in [-0.3, -0.25) is 4.68 Å². The van der Waals surface area contributed by atoms with Gasteiger partial charge in [0.2, 0.25) is 11.7 Å². The van der Waals surface area contributed by atoms with E-state index in [0.29, 0.717) is 18.3 Å². The molecule has 0 saturated carbocycles. The summed E-state index contributed by atoms with van der Waals surface area (Å²) in [5.41, 5.74) is 1.17. The molecule has 0 fully saturated rings. The maximum absolute atomic E-state index is 5.21. The van der Waals surface area contributed by atoms with Crippen LogP contribution in [0.1, 0.15) is 11.5 Å². The fraction of sp³-hybridized carbons (Fsp3) is 0.308. The first kappa shape index (κ1) is 13.0. The van der Waals surface area contributed by atoms with Crippen LogP contribution >= 0.6 is 11.3 Å². The number of thiophene rings is 1. The van der Waals surface area contributed by atoms with E-state index in [2.05, 4.69) is 20.6 Å². The molecule has 0 unspecified atom stereocenters. The quantitative estimate of drug-likeness (QED) is 0.704. The second kappa shape index (κ2) is 5.98. The first-order valence-electron chi connectivity index (χ1n) is 6.37. The lowest BCUT2D eigenvalue weighted by molar-refractivity contribution is 0.366. The Morgan fingerprint density at radius 3 is 3.15 bits per heavy atom. The van der Waals surface area contributed by atoms with Crippen molar-refractivity contribution >= 4 is 11.3 Å². The van der Waals surface area contributed by atoms with Crippen LogP contribution in [0.25, 0.3) is 10.7 Å². The number of aryl methyl sites for hydroxylation is 1. The number of nitrogens with zero attached hydrogens (tertiary/aromatic N) is 4. The maximum atomic E-state index is 5.21. The van der Waals surface area contributed by atoms with E-state index in [0.717, 1.165) is 18.0 Å². The molecule has 3 heterocycles. The maximum Gasteiger partial charge on any atom is 0.240 e. The molecule has 0 spiro atoms. The molecule has 3 aromatic rings. The summed E-state index contributed by atoms with van der Waals surface area (Å²) in [6.45, 7) is 4.22. The van der Waals surface area contributed by atoms with Gasteiger partial charge in [0.05, 0.1) is 24.2 Å². The van der Waals surface area contributed by atoms with E-state index in [9.17, 15) is 0 Å². The van der Waals surface area contributed by atoms with Crippen LogP contribution < -0.4 is 5.32 Å². The van der Waals surface area contributed by atoms with Crippen molar-refractivity contribution in [2.24, 2.45) is 0 Å². The molecule has 0 bridgehead atoms. The van der Waals surface area contributed by atoms with Crippen molar-refractivity contribution in [1.29, 1.82) is 0 Å². The van der Waals surface area contributed by atoms with Gasteiger partial charge in [0.1, 0.15) is 0 Å². The normalized spacial score (nSPS) is 11.1. The zero-order chi connectivity index (χ0) is 13.8. The minimum absolute atomic E-state index is 0.568. The van der Waals surface area contributed by atoms with Crippen molar-refractivity contribution in [2.75, 3.05) is 6.54 Å². The third kappa shape index (κ3) is 3.12. The van der Waals surface area contributed by atoms with E-state index >= 15 is 0 Å². The van der Waals surface area contributed by atoms with Crippen molar-refractivity contribution < 1.29 is 4.52 Å². The third-order valence-corrected chi connectivity index (χ3v) is 3.63. The predicted molar refractivity (Wildman–Crippen MR) is 76.3 cm³/mol. The smallest absolute Gasteiger partial charge is 0.240 e. The highest BCUT2D eigenvalue weighted by atomic mass is 32.1. The highest BCUT2D eigenvalue weighted by Gasteiger charge is 2.08. The summed E-state index contributed by atoms with van der Waals surface area (Å²) < 4.78 is 7.12. The van der Waals surface area contributed by atoms with Gasteiger partial charge in [0, 0.05) is 12.7 Å². The molecule has 6 nitrogen and oxygen atoms in total. The molecule has 104 valence electrons. The summed E-state index contributed by atoms with van der Waals surface area (Å²) in [4.78, 5) is 5.37. The van der Waals surface area contributed by atoms with Gasteiger partial charge in [-0.1, -0.05) is 11.2 Å². The standard InChI is InChI=1S/C13H15N5OS/c1-10-7-15-18(9-10)5-4-14-8-12-16-13(17-19-12)11-3-2-6-20-11/h2-3,6-7,9,14H,4-5,8H2,1H3. The molecule has 0 aliphatic carbocycles. The van der Waals surface area contributed by atoms with Gasteiger partial charge in [-0.2, -0.15) is 10.1 Å². The Hall–Kier alpha value is -1.99.